The number of hydrogen-bond donors (Lipinski definition) is 0. The van der Waals surface area contributed by atoms with Crippen molar-refractivity contribution in [3.05, 3.63) is 35.4 Å². The quantitative estimate of drug-likeness (QED) is 0.729. The maximum Gasteiger partial charge on any atom is 0.0599 e. The highest BCUT2D eigenvalue weighted by Crippen LogP contribution is 2.33. The molecule has 1 aliphatic rings. The molecule has 0 radical (unpaired) electrons. The molecule has 1 unspecified atom stereocenters. The molecule has 1 heterocycles. The van der Waals surface area contributed by atoms with Gasteiger partial charge in [0.1, 0.15) is 0 Å². The van der Waals surface area contributed by atoms with E-state index in [0.717, 1.165) is 0 Å². The highest BCUT2D eigenvalue weighted by Gasteiger charge is 2.28. The molecule has 2 rings (SSSR count). The fourth-order valence-electron chi connectivity index (χ4n) is 3.10. The van der Waals surface area contributed by atoms with Gasteiger partial charge in [-0.2, -0.15) is 0 Å². The van der Waals surface area contributed by atoms with Crippen LogP contribution in [0, 0.1) is 6.92 Å². The van der Waals surface area contributed by atoms with E-state index in [1.54, 1.807) is 5.56 Å². The van der Waals surface area contributed by atoms with Crippen molar-refractivity contribution in [3.63, 3.8) is 0 Å². The minimum Gasteiger partial charge on any atom is -0.299 e. The lowest BCUT2D eigenvalue weighted by Gasteiger charge is -2.39. The van der Waals surface area contributed by atoms with E-state index < -0.39 is 8.07 Å². The van der Waals surface area contributed by atoms with Gasteiger partial charge in [-0.15, -0.1) is 0 Å². The Morgan fingerprint density at radius 1 is 1.17 bits per heavy atom. The molecular formula is C16H27NSi. The molecule has 0 amide bonds. The third-order valence-electron chi connectivity index (χ3n) is 3.84. The summed E-state index contributed by atoms with van der Waals surface area (Å²) >= 11 is 0. The van der Waals surface area contributed by atoms with Crippen LogP contribution in [-0.2, 0) is 0 Å². The van der Waals surface area contributed by atoms with Crippen molar-refractivity contribution >= 4 is 8.07 Å². The third-order valence-corrected chi connectivity index (χ3v) is 5.19. The Balaban J connectivity index is 2.20. The van der Waals surface area contributed by atoms with Crippen LogP contribution < -0.4 is 0 Å². The summed E-state index contributed by atoms with van der Waals surface area (Å²) in [6.45, 7) is 11.0. The maximum atomic E-state index is 2.76. The van der Waals surface area contributed by atoms with Gasteiger partial charge in [0.15, 0.2) is 0 Å². The van der Waals surface area contributed by atoms with Crippen molar-refractivity contribution in [1.82, 2.24) is 4.90 Å². The van der Waals surface area contributed by atoms with Crippen LogP contribution in [0.4, 0.5) is 0 Å². The van der Waals surface area contributed by atoms with E-state index in [1.807, 2.05) is 0 Å². The highest BCUT2D eigenvalue weighted by molar-refractivity contribution is 6.76. The average molecular weight is 261 g/mol. The standard InChI is InChI=1S/C16H27NSi/c1-14-9-5-6-10-15(14)16-11-7-8-12-17(16)13-18(2,3)4/h5-6,9-10,16H,7-8,11-13H2,1-4H3. The first-order valence-electron chi connectivity index (χ1n) is 7.27. The molecule has 0 bridgehead atoms. The van der Waals surface area contributed by atoms with Crippen LogP contribution in [0.1, 0.15) is 36.4 Å². The Kier molecular flexibility index (Phi) is 4.28. The van der Waals surface area contributed by atoms with Crippen molar-refractivity contribution in [3.8, 4) is 0 Å². The summed E-state index contributed by atoms with van der Waals surface area (Å²) in [5, 5.41) is 0. The number of aryl methyl sites for hydroxylation is 1. The SMILES string of the molecule is Cc1ccccc1C1CCCCN1C[Si](C)(C)C. The van der Waals surface area contributed by atoms with E-state index >= 15 is 0 Å². The van der Waals surface area contributed by atoms with Gasteiger partial charge < -0.3 is 0 Å². The zero-order valence-electron chi connectivity index (χ0n) is 12.4. The molecule has 1 nitrogen and oxygen atoms in total. The fourth-order valence-corrected chi connectivity index (χ4v) is 4.70. The zero-order valence-corrected chi connectivity index (χ0v) is 13.4. The molecule has 0 saturated carbocycles. The number of piperidine rings is 1. The monoisotopic (exact) mass is 261 g/mol. The minimum atomic E-state index is -1.01. The van der Waals surface area contributed by atoms with E-state index in [2.05, 4.69) is 55.7 Å². The van der Waals surface area contributed by atoms with Gasteiger partial charge in [-0.1, -0.05) is 50.3 Å². The largest absolute Gasteiger partial charge is 0.299 e. The van der Waals surface area contributed by atoms with Gasteiger partial charge in [0.25, 0.3) is 0 Å². The summed E-state index contributed by atoms with van der Waals surface area (Å²) in [5.74, 6) is 0. The van der Waals surface area contributed by atoms with Gasteiger partial charge >= 0.3 is 0 Å². The van der Waals surface area contributed by atoms with E-state index in [0.29, 0.717) is 6.04 Å². The van der Waals surface area contributed by atoms with Gasteiger partial charge in [0, 0.05) is 6.04 Å². The second kappa shape index (κ2) is 5.58. The fraction of sp³-hybridized carbons (Fsp3) is 0.625. The molecule has 2 heteroatoms. The molecule has 0 aromatic heterocycles. The maximum absolute atomic E-state index is 2.76. The van der Waals surface area contributed by atoms with Crippen molar-refractivity contribution in [2.45, 2.75) is 51.9 Å². The molecular weight excluding hydrogens is 234 g/mol. The highest BCUT2D eigenvalue weighted by atomic mass is 28.3. The molecule has 1 aromatic carbocycles. The average Bonchev–Trinajstić information content (AvgIpc) is 2.29. The molecule has 1 fully saturated rings. The molecule has 0 aliphatic carbocycles. The molecule has 0 N–H and O–H groups in total. The van der Waals surface area contributed by atoms with E-state index in [4.69, 9.17) is 0 Å². The lowest BCUT2D eigenvalue weighted by atomic mass is 9.93. The first-order valence-corrected chi connectivity index (χ1v) is 11.0. The predicted molar refractivity (Wildman–Crippen MR) is 82.7 cm³/mol. The molecule has 1 atom stereocenters. The van der Waals surface area contributed by atoms with Crippen LogP contribution in [-0.4, -0.2) is 25.7 Å². The number of rotatable bonds is 3. The van der Waals surface area contributed by atoms with Gasteiger partial charge in [-0.25, -0.2) is 0 Å². The number of likely N-dealkylation sites (tertiary alicyclic amines) is 1. The Morgan fingerprint density at radius 2 is 1.89 bits per heavy atom. The first kappa shape index (κ1) is 13.8. The van der Waals surface area contributed by atoms with E-state index in [9.17, 15) is 0 Å². The summed E-state index contributed by atoms with van der Waals surface area (Å²) in [4.78, 5) is 2.76. The zero-order chi connectivity index (χ0) is 13.2. The first-order chi connectivity index (χ1) is 8.47. The topological polar surface area (TPSA) is 3.24 Å². The van der Waals surface area contributed by atoms with Crippen molar-refractivity contribution in [1.29, 1.82) is 0 Å². The summed E-state index contributed by atoms with van der Waals surface area (Å²) < 4.78 is 0. The van der Waals surface area contributed by atoms with Crippen LogP contribution in [0.15, 0.2) is 24.3 Å². The number of hydrogen-bond acceptors (Lipinski definition) is 1. The molecule has 18 heavy (non-hydrogen) atoms. The second-order valence-electron chi connectivity index (χ2n) is 6.90. The molecule has 0 spiro atoms. The minimum absolute atomic E-state index is 0.673. The van der Waals surface area contributed by atoms with Crippen LogP contribution in [0.2, 0.25) is 19.6 Å². The Bertz CT molecular complexity index is 394. The van der Waals surface area contributed by atoms with Crippen molar-refractivity contribution < 1.29 is 0 Å². The second-order valence-corrected chi connectivity index (χ2v) is 12.3. The number of benzene rings is 1. The van der Waals surface area contributed by atoms with Gasteiger partial charge in [0.2, 0.25) is 0 Å². The lowest BCUT2D eigenvalue weighted by Crippen LogP contribution is -2.44. The Morgan fingerprint density at radius 3 is 2.56 bits per heavy atom. The van der Waals surface area contributed by atoms with Gasteiger partial charge in [-0.3, -0.25) is 4.90 Å². The van der Waals surface area contributed by atoms with Crippen molar-refractivity contribution in [2.24, 2.45) is 0 Å². The normalized spacial score (nSPS) is 22.1. The Labute approximate surface area is 113 Å². The lowest BCUT2D eigenvalue weighted by molar-refractivity contribution is 0.172. The molecule has 1 aliphatic heterocycles. The summed E-state index contributed by atoms with van der Waals surface area (Å²) in [7, 11) is -1.01. The molecule has 1 saturated heterocycles. The predicted octanol–water partition coefficient (Wildman–Crippen LogP) is 4.40. The third kappa shape index (κ3) is 3.45. The van der Waals surface area contributed by atoms with E-state index in [1.165, 1.54) is 37.5 Å². The van der Waals surface area contributed by atoms with Gasteiger partial charge in [0.05, 0.1) is 8.07 Å². The van der Waals surface area contributed by atoms with Gasteiger partial charge in [-0.05, 0) is 43.6 Å². The molecule has 100 valence electrons. The van der Waals surface area contributed by atoms with E-state index in [-0.39, 0.29) is 0 Å². The summed E-state index contributed by atoms with van der Waals surface area (Å²) in [6.07, 6.45) is 5.45. The van der Waals surface area contributed by atoms with Crippen LogP contribution in [0.3, 0.4) is 0 Å². The number of nitrogens with zero attached hydrogens (tertiary/aromatic N) is 1. The molecule has 1 aromatic rings. The van der Waals surface area contributed by atoms with Crippen molar-refractivity contribution in [2.75, 3.05) is 12.7 Å². The Hall–Kier alpha value is -0.603. The van der Waals surface area contributed by atoms with Crippen LogP contribution >= 0.6 is 0 Å². The summed E-state index contributed by atoms with van der Waals surface area (Å²) in [6, 6.07) is 9.62. The van der Waals surface area contributed by atoms with Crippen LogP contribution in [0.25, 0.3) is 0 Å². The van der Waals surface area contributed by atoms with Crippen LogP contribution in [0.5, 0.6) is 0 Å². The summed E-state index contributed by atoms with van der Waals surface area (Å²) in [5.41, 5.74) is 3.03. The smallest absolute Gasteiger partial charge is 0.0599 e.